The molecule has 0 aliphatic rings. The maximum Gasteiger partial charge on any atom is 0.262 e. The van der Waals surface area contributed by atoms with Crippen molar-refractivity contribution in [2.45, 2.75) is 19.8 Å². The van der Waals surface area contributed by atoms with Crippen LogP contribution in [0.3, 0.4) is 0 Å². The lowest BCUT2D eigenvalue weighted by molar-refractivity contribution is -0.118. The quantitative estimate of drug-likeness (QED) is 0.827. The molecule has 0 radical (unpaired) electrons. The summed E-state index contributed by atoms with van der Waals surface area (Å²) in [5.41, 5.74) is 8.20. The number of carbonyl (C=O) groups excluding carboxylic acids is 1. The third-order valence-electron chi connectivity index (χ3n) is 3.11. The molecule has 0 spiro atoms. The van der Waals surface area contributed by atoms with Gasteiger partial charge < -0.3 is 15.8 Å². The van der Waals surface area contributed by atoms with E-state index in [1.807, 2.05) is 24.3 Å². The summed E-state index contributed by atoms with van der Waals surface area (Å²) in [6, 6.07) is 14.7. The first kappa shape index (κ1) is 14.9. The van der Waals surface area contributed by atoms with Crippen LogP contribution in [0.2, 0.25) is 0 Å². The minimum absolute atomic E-state index is 0.0314. The highest BCUT2D eigenvalue weighted by Crippen LogP contribution is 2.23. The van der Waals surface area contributed by atoms with Gasteiger partial charge >= 0.3 is 0 Å². The van der Waals surface area contributed by atoms with Crippen LogP contribution in [0.15, 0.2) is 48.5 Å². The number of amides is 1. The van der Waals surface area contributed by atoms with E-state index in [4.69, 9.17) is 10.5 Å². The second-order valence-electron chi connectivity index (χ2n) is 5.15. The summed E-state index contributed by atoms with van der Waals surface area (Å²) in [6.45, 7) is 4.15. The van der Waals surface area contributed by atoms with Crippen LogP contribution in [-0.2, 0) is 4.79 Å². The number of para-hydroxylation sites is 1. The summed E-state index contributed by atoms with van der Waals surface area (Å²) < 4.78 is 5.43. The number of nitrogen functional groups attached to an aromatic ring is 1. The second kappa shape index (κ2) is 6.79. The van der Waals surface area contributed by atoms with Crippen molar-refractivity contribution in [1.29, 1.82) is 0 Å². The Hall–Kier alpha value is -2.49. The first-order valence-corrected chi connectivity index (χ1v) is 6.93. The molecular weight excluding hydrogens is 264 g/mol. The Labute approximate surface area is 124 Å². The van der Waals surface area contributed by atoms with Gasteiger partial charge in [-0.1, -0.05) is 32.0 Å². The van der Waals surface area contributed by atoms with Crippen LogP contribution >= 0.6 is 0 Å². The molecule has 0 aliphatic carbocycles. The zero-order chi connectivity index (χ0) is 15.2. The molecule has 2 aromatic rings. The number of ether oxygens (including phenoxy) is 1. The Morgan fingerprint density at radius 1 is 1.14 bits per heavy atom. The van der Waals surface area contributed by atoms with Gasteiger partial charge in [-0.05, 0) is 41.8 Å². The van der Waals surface area contributed by atoms with E-state index in [2.05, 4.69) is 19.2 Å². The number of nitrogens with one attached hydrogen (secondary N) is 1. The summed E-state index contributed by atoms with van der Waals surface area (Å²) in [6.07, 6.45) is 0. The molecule has 0 bridgehead atoms. The Bertz CT molecular complexity index is 606. The first-order valence-electron chi connectivity index (χ1n) is 6.93. The van der Waals surface area contributed by atoms with Crippen LogP contribution in [0, 0.1) is 0 Å². The number of benzene rings is 2. The van der Waals surface area contributed by atoms with E-state index >= 15 is 0 Å². The molecule has 3 N–H and O–H groups in total. The SMILES string of the molecule is CC(C)c1ccccc1NC(=O)COc1ccc(N)cc1. The van der Waals surface area contributed by atoms with E-state index in [9.17, 15) is 4.79 Å². The van der Waals surface area contributed by atoms with Gasteiger partial charge in [-0.15, -0.1) is 0 Å². The topological polar surface area (TPSA) is 64.3 Å². The maximum atomic E-state index is 12.0. The van der Waals surface area contributed by atoms with Gasteiger partial charge in [0.2, 0.25) is 0 Å². The van der Waals surface area contributed by atoms with Gasteiger partial charge in [-0.25, -0.2) is 0 Å². The highest BCUT2D eigenvalue weighted by atomic mass is 16.5. The van der Waals surface area contributed by atoms with Crippen molar-refractivity contribution in [3.8, 4) is 5.75 Å². The van der Waals surface area contributed by atoms with Crippen molar-refractivity contribution < 1.29 is 9.53 Å². The third kappa shape index (κ3) is 4.24. The standard InChI is InChI=1S/C17H20N2O2/c1-12(2)15-5-3-4-6-16(15)19-17(20)11-21-14-9-7-13(18)8-10-14/h3-10,12H,11,18H2,1-2H3,(H,19,20). The van der Waals surface area contributed by atoms with Crippen LogP contribution in [0.1, 0.15) is 25.3 Å². The Kier molecular flexibility index (Phi) is 4.82. The third-order valence-corrected chi connectivity index (χ3v) is 3.11. The van der Waals surface area contributed by atoms with Crippen molar-refractivity contribution in [2.24, 2.45) is 0 Å². The molecule has 2 aromatic carbocycles. The molecular formula is C17H20N2O2. The largest absolute Gasteiger partial charge is 0.484 e. The minimum Gasteiger partial charge on any atom is -0.484 e. The summed E-state index contributed by atoms with van der Waals surface area (Å²) in [7, 11) is 0. The van der Waals surface area contributed by atoms with Crippen molar-refractivity contribution in [2.75, 3.05) is 17.7 Å². The van der Waals surface area contributed by atoms with Crippen LogP contribution in [0.25, 0.3) is 0 Å². The summed E-state index contributed by atoms with van der Waals surface area (Å²) in [4.78, 5) is 12.0. The maximum absolute atomic E-state index is 12.0. The van der Waals surface area contributed by atoms with E-state index in [1.165, 1.54) is 0 Å². The van der Waals surface area contributed by atoms with Crippen LogP contribution in [-0.4, -0.2) is 12.5 Å². The molecule has 0 saturated carbocycles. The molecule has 0 saturated heterocycles. The highest BCUT2D eigenvalue weighted by molar-refractivity contribution is 5.92. The van der Waals surface area contributed by atoms with E-state index in [0.717, 1.165) is 11.3 Å². The Balaban J connectivity index is 1.94. The summed E-state index contributed by atoms with van der Waals surface area (Å²) in [5.74, 6) is 0.788. The minimum atomic E-state index is -0.181. The van der Waals surface area contributed by atoms with E-state index in [1.54, 1.807) is 24.3 Å². The van der Waals surface area contributed by atoms with Gasteiger partial charge in [0, 0.05) is 11.4 Å². The van der Waals surface area contributed by atoms with Crippen molar-refractivity contribution in [3.05, 3.63) is 54.1 Å². The Morgan fingerprint density at radius 3 is 2.48 bits per heavy atom. The molecule has 0 atom stereocenters. The van der Waals surface area contributed by atoms with Crippen LogP contribution in [0.5, 0.6) is 5.75 Å². The monoisotopic (exact) mass is 284 g/mol. The highest BCUT2D eigenvalue weighted by Gasteiger charge is 2.09. The molecule has 21 heavy (non-hydrogen) atoms. The van der Waals surface area contributed by atoms with Gasteiger partial charge in [-0.3, -0.25) is 4.79 Å². The average Bonchev–Trinajstić information content (AvgIpc) is 2.47. The molecule has 1 amide bonds. The fourth-order valence-electron chi connectivity index (χ4n) is 2.01. The fraction of sp³-hybridized carbons (Fsp3) is 0.235. The van der Waals surface area contributed by atoms with Crippen LogP contribution in [0.4, 0.5) is 11.4 Å². The first-order chi connectivity index (χ1) is 10.1. The molecule has 0 heterocycles. The summed E-state index contributed by atoms with van der Waals surface area (Å²) in [5, 5.41) is 2.88. The zero-order valence-electron chi connectivity index (χ0n) is 12.3. The molecule has 0 unspecified atom stereocenters. The van der Waals surface area contributed by atoms with Crippen molar-refractivity contribution in [3.63, 3.8) is 0 Å². The van der Waals surface area contributed by atoms with Gasteiger partial charge in [0.1, 0.15) is 5.75 Å². The van der Waals surface area contributed by atoms with Gasteiger partial charge in [0.05, 0.1) is 0 Å². The lowest BCUT2D eigenvalue weighted by Crippen LogP contribution is -2.21. The molecule has 4 nitrogen and oxygen atoms in total. The second-order valence-corrected chi connectivity index (χ2v) is 5.15. The smallest absolute Gasteiger partial charge is 0.262 e. The molecule has 4 heteroatoms. The lowest BCUT2D eigenvalue weighted by Gasteiger charge is -2.14. The summed E-state index contributed by atoms with van der Waals surface area (Å²) >= 11 is 0. The predicted molar refractivity (Wildman–Crippen MR) is 85.5 cm³/mol. The van der Waals surface area contributed by atoms with Gasteiger partial charge in [0.25, 0.3) is 5.91 Å². The van der Waals surface area contributed by atoms with E-state index in [0.29, 0.717) is 17.4 Å². The van der Waals surface area contributed by atoms with Gasteiger partial charge in [0.15, 0.2) is 6.61 Å². The molecule has 0 aliphatic heterocycles. The average molecular weight is 284 g/mol. The number of rotatable bonds is 5. The number of anilines is 2. The van der Waals surface area contributed by atoms with E-state index < -0.39 is 0 Å². The molecule has 2 rings (SSSR count). The van der Waals surface area contributed by atoms with Gasteiger partial charge in [-0.2, -0.15) is 0 Å². The zero-order valence-corrected chi connectivity index (χ0v) is 12.3. The van der Waals surface area contributed by atoms with E-state index in [-0.39, 0.29) is 12.5 Å². The molecule has 0 fully saturated rings. The van der Waals surface area contributed by atoms with Crippen LogP contribution < -0.4 is 15.8 Å². The Morgan fingerprint density at radius 2 is 1.81 bits per heavy atom. The molecule has 110 valence electrons. The number of carbonyl (C=O) groups is 1. The number of nitrogens with two attached hydrogens (primary N) is 1. The van der Waals surface area contributed by atoms with Crippen molar-refractivity contribution in [1.82, 2.24) is 0 Å². The normalized spacial score (nSPS) is 10.4. The van der Waals surface area contributed by atoms with Crippen molar-refractivity contribution >= 4 is 17.3 Å². The molecule has 0 aromatic heterocycles. The number of hydrogen-bond donors (Lipinski definition) is 2. The lowest BCUT2D eigenvalue weighted by atomic mass is 10.0. The number of hydrogen-bond acceptors (Lipinski definition) is 3. The fourth-order valence-corrected chi connectivity index (χ4v) is 2.01. The predicted octanol–water partition coefficient (Wildman–Crippen LogP) is 3.41.